The molecular weight excluding hydrogens is 377 g/mol. The summed E-state index contributed by atoms with van der Waals surface area (Å²) in [6.07, 6.45) is -2.81. The monoisotopic (exact) mass is 398 g/mol. The Morgan fingerprint density at radius 1 is 1.36 bits per heavy atom. The molecule has 28 heavy (non-hydrogen) atoms. The highest BCUT2D eigenvalue weighted by Crippen LogP contribution is 2.32. The van der Waals surface area contributed by atoms with Gasteiger partial charge in [-0.2, -0.15) is 13.2 Å². The van der Waals surface area contributed by atoms with E-state index in [1.165, 1.54) is 11.1 Å². The van der Waals surface area contributed by atoms with E-state index < -0.39 is 18.0 Å². The summed E-state index contributed by atoms with van der Waals surface area (Å²) >= 11 is 0. The fourth-order valence-electron chi connectivity index (χ4n) is 3.08. The van der Waals surface area contributed by atoms with Crippen molar-refractivity contribution >= 4 is 28.8 Å². The number of anilines is 2. The van der Waals surface area contributed by atoms with E-state index in [9.17, 15) is 18.0 Å². The van der Waals surface area contributed by atoms with Crippen molar-refractivity contribution in [2.45, 2.75) is 44.9 Å². The number of likely N-dealkylation sites (tertiary alicyclic amines) is 1. The first-order valence-electron chi connectivity index (χ1n) is 8.89. The Bertz CT molecular complexity index is 874. The van der Waals surface area contributed by atoms with Crippen LogP contribution < -0.4 is 10.6 Å². The number of alkyl halides is 3. The molecule has 0 aromatic carbocycles. The van der Waals surface area contributed by atoms with Crippen molar-refractivity contribution in [3.05, 3.63) is 18.0 Å². The third kappa shape index (κ3) is 4.52. The summed E-state index contributed by atoms with van der Waals surface area (Å²) in [5, 5.41) is 15.3. The molecule has 152 valence electrons. The molecule has 8 nitrogen and oxygen atoms in total. The quantitative estimate of drug-likeness (QED) is 0.725. The number of nitrogens with zero attached hydrogens (tertiary/aromatic N) is 4. The molecule has 1 atom stereocenters. The predicted octanol–water partition coefficient (Wildman–Crippen LogP) is 3.42. The number of piperidine rings is 1. The molecule has 3 rings (SSSR count). The molecule has 1 amide bonds. The van der Waals surface area contributed by atoms with Crippen molar-refractivity contribution in [1.29, 1.82) is 0 Å². The smallest absolute Gasteiger partial charge is 0.433 e. The molecule has 1 aliphatic heterocycles. The number of pyridine rings is 1. The van der Waals surface area contributed by atoms with Crippen LogP contribution in [0.2, 0.25) is 0 Å². The van der Waals surface area contributed by atoms with Crippen molar-refractivity contribution in [3.63, 3.8) is 0 Å². The Morgan fingerprint density at radius 2 is 2.11 bits per heavy atom. The Labute approximate surface area is 159 Å². The zero-order valence-corrected chi connectivity index (χ0v) is 15.4. The zero-order chi connectivity index (χ0) is 20.5. The zero-order valence-electron chi connectivity index (χ0n) is 15.4. The van der Waals surface area contributed by atoms with Crippen molar-refractivity contribution in [1.82, 2.24) is 19.9 Å². The molecular formula is C17H21F3N6O2. The van der Waals surface area contributed by atoms with Crippen LogP contribution in [0.5, 0.6) is 0 Å². The van der Waals surface area contributed by atoms with Gasteiger partial charge < -0.3 is 20.6 Å². The number of rotatable bonds is 4. The molecule has 2 aromatic rings. The average molecular weight is 398 g/mol. The second-order valence-corrected chi connectivity index (χ2v) is 7.00. The summed E-state index contributed by atoms with van der Waals surface area (Å²) in [5.41, 5.74) is -0.748. The van der Waals surface area contributed by atoms with E-state index in [2.05, 4.69) is 25.6 Å². The van der Waals surface area contributed by atoms with Crippen molar-refractivity contribution in [2.24, 2.45) is 0 Å². The van der Waals surface area contributed by atoms with Gasteiger partial charge in [-0.3, -0.25) is 0 Å². The molecule has 2 aromatic heterocycles. The van der Waals surface area contributed by atoms with E-state index >= 15 is 0 Å². The molecule has 0 aliphatic carbocycles. The summed E-state index contributed by atoms with van der Waals surface area (Å²) in [7, 11) is 0. The van der Waals surface area contributed by atoms with Gasteiger partial charge in [-0.1, -0.05) is 0 Å². The maximum absolute atomic E-state index is 13.1. The van der Waals surface area contributed by atoms with E-state index in [-0.39, 0.29) is 34.8 Å². The van der Waals surface area contributed by atoms with Gasteiger partial charge in [-0.15, -0.1) is 0 Å². The third-order valence-electron chi connectivity index (χ3n) is 4.31. The maximum Gasteiger partial charge on any atom is 0.433 e. The second-order valence-electron chi connectivity index (χ2n) is 7.00. The minimum atomic E-state index is -4.58. The highest BCUT2D eigenvalue weighted by Gasteiger charge is 2.34. The summed E-state index contributed by atoms with van der Waals surface area (Å²) in [4.78, 5) is 24.6. The Hall–Kier alpha value is -2.85. The topological polar surface area (TPSA) is 103 Å². The minimum absolute atomic E-state index is 0.0288. The third-order valence-corrected chi connectivity index (χ3v) is 4.31. The van der Waals surface area contributed by atoms with Crippen LogP contribution in [-0.4, -0.2) is 56.2 Å². The normalized spacial score (nSPS) is 17.8. The molecule has 1 aliphatic rings. The lowest BCUT2D eigenvalue weighted by molar-refractivity contribution is -0.141. The minimum Gasteiger partial charge on any atom is -0.465 e. The number of aromatic nitrogens is 3. The predicted molar refractivity (Wildman–Crippen MR) is 97.3 cm³/mol. The van der Waals surface area contributed by atoms with Gasteiger partial charge in [0.15, 0.2) is 5.82 Å². The first-order valence-corrected chi connectivity index (χ1v) is 8.89. The van der Waals surface area contributed by atoms with Gasteiger partial charge in [-0.05, 0) is 32.8 Å². The van der Waals surface area contributed by atoms with Crippen LogP contribution in [0.3, 0.4) is 0 Å². The van der Waals surface area contributed by atoms with E-state index in [1.807, 2.05) is 0 Å². The number of fused-ring (bicyclic) bond motifs is 1. The van der Waals surface area contributed by atoms with Crippen LogP contribution in [0.1, 0.15) is 32.4 Å². The number of halogens is 3. The van der Waals surface area contributed by atoms with E-state index in [4.69, 9.17) is 5.11 Å². The Balaban J connectivity index is 1.92. The van der Waals surface area contributed by atoms with Crippen molar-refractivity contribution < 1.29 is 23.1 Å². The number of hydrogen-bond acceptors (Lipinski definition) is 6. The van der Waals surface area contributed by atoms with Gasteiger partial charge in [0, 0.05) is 36.8 Å². The SMILES string of the molecule is CC(C)Nc1nc(C(F)(F)F)cc2cnc(NC3CCCN(C(=O)O)C3)nc12. The summed E-state index contributed by atoms with van der Waals surface area (Å²) in [5.74, 6) is 0.249. The van der Waals surface area contributed by atoms with Crippen LogP contribution >= 0.6 is 0 Å². The highest BCUT2D eigenvalue weighted by molar-refractivity contribution is 5.89. The van der Waals surface area contributed by atoms with Crippen LogP contribution in [0.25, 0.3) is 10.9 Å². The molecule has 3 N–H and O–H groups in total. The van der Waals surface area contributed by atoms with Crippen molar-refractivity contribution in [2.75, 3.05) is 23.7 Å². The molecule has 1 fully saturated rings. The number of amides is 1. The van der Waals surface area contributed by atoms with E-state index in [1.54, 1.807) is 13.8 Å². The van der Waals surface area contributed by atoms with Gasteiger partial charge in [0.05, 0.1) is 0 Å². The van der Waals surface area contributed by atoms with Crippen LogP contribution in [0, 0.1) is 0 Å². The number of hydrogen-bond donors (Lipinski definition) is 3. The lowest BCUT2D eigenvalue weighted by Gasteiger charge is -2.31. The fourth-order valence-corrected chi connectivity index (χ4v) is 3.08. The molecule has 0 bridgehead atoms. The van der Waals surface area contributed by atoms with Crippen LogP contribution in [0.15, 0.2) is 12.3 Å². The van der Waals surface area contributed by atoms with Gasteiger partial charge in [0.2, 0.25) is 5.95 Å². The first-order chi connectivity index (χ1) is 13.1. The number of carboxylic acid groups (broad SMARTS) is 1. The van der Waals surface area contributed by atoms with Crippen molar-refractivity contribution in [3.8, 4) is 0 Å². The number of carbonyl (C=O) groups is 1. The van der Waals surface area contributed by atoms with Crippen LogP contribution in [-0.2, 0) is 6.18 Å². The van der Waals surface area contributed by atoms with E-state index in [0.29, 0.717) is 19.5 Å². The number of nitrogens with one attached hydrogen (secondary N) is 2. The molecule has 0 radical (unpaired) electrons. The lowest BCUT2D eigenvalue weighted by atomic mass is 10.1. The fraction of sp³-hybridized carbons (Fsp3) is 0.529. The largest absolute Gasteiger partial charge is 0.465 e. The molecule has 1 saturated heterocycles. The summed E-state index contributed by atoms with van der Waals surface area (Å²) in [6.45, 7) is 4.34. The van der Waals surface area contributed by atoms with Gasteiger partial charge >= 0.3 is 12.3 Å². The second kappa shape index (κ2) is 7.64. The highest BCUT2D eigenvalue weighted by atomic mass is 19.4. The molecule has 0 saturated carbocycles. The van der Waals surface area contributed by atoms with Gasteiger partial charge in [0.25, 0.3) is 0 Å². The van der Waals surface area contributed by atoms with Crippen LogP contribution in [0.4, 0.5) is 29.7 Å². The van der Waals surface area contributed by atoms with E-state index in [0.717, 1.165) is 12.5 Å². The lowest BCUT2D eigenvalue weighted by Crippen LogP contribution is -2.44. The average Bonchev–Trinajstić information content (AvgIpc) is 2.61. The molecule has 11 heteroatoms. The van der Waals surface area contributed by atoms with Gasteiger partial charge in [-0.25, -0.2) is 19.7 Å². The molecule has 0 spiro atoms. The summed E-state index contributed by atoms with van der Waals surface area (Å²) < 4.78 is 39.4. The Kier molecular flexibility index (Phi) is 5.43. The maximum atomic E-state index is 13.1. The standard InChI is InChI=1S/C17H21F3N6O2/c1-9(2)22-14-13-10(6-12(24-14)17(18,19)20)7-21-15(25-13)23-11-4-3-5-26(8-11)16(27)28/h6-7,9,11H,3-5,8H2,1-2H3,(H,22,24)(H,27,28)(H,21,23,25). The summed E-state index contributed by atoms with van der Waals surface area (Å²) in [6, 6.07) is 0.594. The Morgan fingerprint density at radius 3 is 2.75 bits per heavy atom. The van der Waals surface area contributed by atoms with Gasteiger partial charge in [0.1, 0.15) is 11.2 Å². The first kappa shape index (κ1) is 19.9. The molecule has 1 unspecified atom stereocenters. The molecule has 3 heterocycles.